The van der Waals surface area contributed by atoms with Crippen LogP contribution in [0.1, 0.15) is 5.56 Å². The summed E-state index contributed by atoms with van der Waals surface area (Å²) < 4.78 is 0. The van der Waals surface area contributed by atoms with E-state index in [9.17, 15) is 14.4 Å². The Bertz CT molecular complexity index is 610. The van der Waals surface area contributed by atoms with Gasteiger partial charge in [0.1, 0.15) is 0 Å². The van der Waals surface area contributed by atoms with E-state index in [0.717, 1.165) is 17.7 Å². The largest absolute Gasteiger partial charge is 0.478 e. The molecule has 3 N–H and O–H groups in total. The molecule has 1 aromatic carbocycles. The van der Waals surface area contributed by atoms with Gasteiger partial charge in [-0.2, -0.15) is 0 Å². The zero-order valence-electron chi connectivity index (χ0n) is 9.57. The summed E-state index contributed by atoms with van der Waals surface area (Å²) in [5.41, 5.74) is 1.68. The molecule has 0 radical (unpaired) electrons. The number of carboxylic acid groups (broad SMARTS) is 1. The van der Waals surface area contributed by atoms with Gasteiger partial charge in [0.2, 0.25) is 11.8 Å². The Balaban J connectivity index is 2.18. The monoisotopic (exact) mass is 280 g/mol. The Morgan fingerprint density at radius 3 is 2.79 bits per heavy atom. The summed E-state index contributed by atoms with van der Waals surface area (Å²) in [5, 5.41) is 13.7. The van der Waals surface area contributed by atoms with Gasteiger partial charge in [-0.1, -0.05) is 11.6 Å². The van der Waals surface area contributed by atoms with Crippen LogP contribution < -0.4 is 10.6 Å². The molecule has 0 unspecified atom stereocenters. The van der Waals surface area contributed by atoms with Gasteiger partial charge >= 0.3 is 5.97 Å². The number of rotatable bonds is 3. The van der Waals surface area contributed by atoms with Crippen LogP contribution in [0.3, 0.4) is 0 Å². The highest BCUT2D eigenvalue weighted by molar-refractivity contribution is 6.34. The maximum Gasteiger partial charge on any atom is 0.328 e. The molecule has 7 heteroatoms. The molecule has 1 aromatic rings. The van der Waals surface area contributed by atoms with Crippen molar-refractivity contribution in [3.63, 3.8) is 0 Å². The maximum absolute atomic E-state index is 11.4. The number of fused-ring (bicyclic) bond motifs is 1. The average Bonchev–Trinajstić information content (AvgIpc) is 2.66. The molecule has 0 bridgehead atoms. The first-order valence-electron chi connectivity index (χ1n) is 5.30. The van der Waals surface area contributed by atoms with E-state index in [1.165, 1.54) is 6.07 Å². The minimum atomic E-state index is -1.22. The first kappa shape index (κ1) is 13.1. The topological polar surface area (TPSA) is 95.5 Å². The van der Waals surface area contributed by atoms with Gasteiger partial charge < -0.3 is 15.7 Å². The number of benzene rings is 1. The summed E-state index contributed by atoms with van der Waals surface area (Å²) in [6.45, 7) is 0. The maximum atomic E-state index is 11.4. The molecule has 1 aliphatic rings. The van der Waals surface area contributed by atoms with Crippen LogP contribution in [-0.4, -0.2) is 22.9 Å². The highest BCUT2D eigenvalue weighted by atomic mass is 35.5. The van der Waals surface area contributed by atoms with Crippen molar-refractivity contribution in [1.29, 1.82) is 0 Å². The summed E-state index contributed by atoms with van der Waals surface area (Å²) in [7, 11) is 0. The second-order valence-electron chi connectivity index (χ2n) is 3.87. The Kier molecular flexibility index (Phi) is 3.52. The van der Waals surface area contributed by atoms with Gasteiger partial charge in [-0.3, -0.25) is 9.59 Å². The molecule has 0 aromatic heterocycles. The number of carbonyl (C=O) groups excluding carboxylic acids is 2. The van der Waals surface area contributed by atoms with Crippen LogP contribution in [0.4, 0.5) is 11.4 Å². The smallest absolute Gasteiger partial charge is 0.328 e. The van der Waals surface area contributed by atoms with Crippen LogP contribution in [0.5, 0.6) is 0 Å². The third-order valence-corrected chi connectivity index (χ3v) is 2.77. The van der Waals surface area contributed by atoms with Gasteiger partial charge in [0.05, 0.1) is 17.1 Å². The molecule has 0 saturated carbocycles. The first-order valence-corrected chi connectivity index (χ1v) is 5.68. The molecule has 0 spiro atoms. The Hall–Kier alpha value is -2.34. The molecule has 1 heterocycles. The summed E-state index contributed by atoms with van der Waals surface area (Å²) in [6.07, 6.45) is 1.83. The molecular weight excluding hydrogens is 272 g/mol. The normalized spacial score (nSPS) is 13.2. The number of amides is 2. The third-order valence-electron chi connectivity index (χ3n) is 2.45. The van der Waals surface area contributed by atoms with E-state index in [-0.39, 0.29) is 17.4 Å². The molecule has 0 fully saturated rings. The van der Waals surface area contributed by atoms with Crippen LogP contribution in [0.25, 0.3) is 0 Å². The highest BCUT2D eigenvalue weighted by Crippen LogP contribution is 2.32. The standard InChI is InChI=1S/C12H9ClN2O4/c13-7-5-8-6(4-11(17)14-8)3-9(7)15-10(16)1-2-12(18)19/h1-3,5H,4H2,(H,14,17)(H,15,16)(H,18,19)/b2-1+. The number of aliphatic carboxylic acids is 1. The minimum absolute atomic E-state index is 0.139. The Morgan fingerprint density at radius 1 is 1.37 bits per heavy atom. The molecule has 98 valence electrons. The number of anilines is 2. The fourth-order valence-corrected chi connectivity index (χ4v) is 1.88. The first-order chi connectivity index (χ1) is 8.95. The van der Waals surface area contributed by atoms with Gasteiger partial charge in [0.15, 0.2) is 0 Å². The van der Waals surface area contributed by atoms with Gasteiger partial charge in [-0.05, 0) is 17.7 Å². The molecule has 0 saturated heterocycles. The van der Waals surface area contributed by atoms with Crippen molar-refractivity contribution in [3.05, 3.63) is 34.9 Å². The van der Waals surface area contributed by atoms with Crippen molar-refractivity contribution in [2.24, 2.45) is 0 Å². The average molecular weight is 281 g/mol. The number of halogens is 1. The van der Waals surface area contributed by atoms with E-state index in [1.807, 2.05) is 0 Å². The van der Waals surface area contributed by atoms with Gasteiger partial charge in [0, 0.05) is 17.8 Å². The van der Waals surface area contributed by atoms with Crippen LogP contribution in [-0.2, 0) is 20.8 Å². The zero-order chi connectivity index (χ0) is 14.0. The lowest BCUT2D eigenvalue weighted by Crippen LogP contribution is -2.09. The quantitative estimate of drug-likeness (QED) is 0.730. The van der Waals surface area contributed by atoms with Crippen molar-refractivity contribution in [1.82, 2.24) is 0 Å². The molecule has 0 atom stereocenters. The van der Waals surface area contributed by atoms with Gasteiger partial charge in [-0.25, -0.2) is 4.79 Å². The minimum Gasteiger partial charge on any atom is -0.478 e. The number of carbonyl (C=O) groups is 3. The summed E-state index contributed by atoms with van der Waals surface area (Å²) in [5.74, 6) is -1.97. The SMILES string of the molecule is O=C(O)/C=C/C(=O)Nc1cc2c(cc1Cl)NC(=O)C2. The lowest BCUT2D eigenvalue weighted by molar-refractivity contribution is -0.131. The number of nitrogens with one attached hydrogen (secondary N) is 2. The highest BCUT2D eigenvalue weighted by Gasteiger charge is 2.19. The Morgan fingerprint density at radius 2 is 2.11 bits per heavy atom. The van der Waals surface area contributed by atoms with Crippen LogP contribution in [0, 0.1) is 0 Å². The lowest BCUT2D eigenvalue weighted by atomic mass is 10.1. The fraction of sp³-hybridized carbons (Fsp3) is 0.0833. The molecule has 2 amide bonds. The predicted molar refractivity (Wildman–Crippen MR) is 69.2 cm³/mol. The second kappa shape index (κ2) is 5.11. The van der Waals surface area contributed by atoms with Crippen molar-refractivity contribution >= 4 is 40.8 Å². The van der Waals surface area contributed by atoms with E-state index in [4.69, 9.17) is 16.7 Å². The molecule has 1 aliphatic heterocycles. The van der Waals surface area contributed by atoms with Crippen LogP contribution in [0.2, 0.25) is 5.02 Å². The second-order valence-corrected chi connectivity index (χ2v) is 4.28. The lowest BCUT2D eigenvalue weighted by Gasteiger charge is -2.07. The van der Waals surface area contributed by atoms with Crippen molar-refractivity contribution in [2.45, 2.75) is 6.42 Å². The molecule has 2 rings (SSSR count). The van der Waals surface area contributed by atoms with Crippen LogP contribution >= 0.6 is 11.6 Å². The van der Waals surface area contributed by atoms with Crippen molar-refractivity contribution in [2.75, 3.05) is 10.6 Å². The van der Waals surface area contributed by atoms with E-state index in [2.05, 4.69) is 10.6 Å². The van der Waals surface area contributed by atoms with E-state index in [1.54, 1.807) is 6.07 Å². The van der Waals surface area contributed by atoms with Crippen LogP contribution in [0.15, 0.2) is 24.3 Å². The number of hydrogen-bond donors (Lipinski definition) is 3. The number of hydrogen-bond acceptors (Lipinski definition) is 3. The van der Waals surface area contributed by atoms with Crippen molar-refractivity contribution in [3.8, 4) is 0 Å². The predicted octanol–water partition coefficient (Wildman–Crippen LogP) is 1.41. The molecular formula is C12H9ClN2O4. The van der Waals surface area contributed by atoms with Crippen molar-refractivity contribution < 1.29 is 19.5 Å². The summed E-state index contributed by atoms with van der Waals surface area (Å²) >= 11 is 5.96. The molecule has 6 nitrogen and oxygen atoms in total. The van der Waals surface area contributed by atoms with E-state index in [0.29, 0.717) is 11.4 Å². The number of carboxylic acids is 1. The van der Waals surface area contributed by atoms with E-state index < -0.39 is 11.9 Å². The van der Waals surface area contributed by atoms with Gasteiger partial charge in [-0.15, -0.1) is 0 Å². The molecule has 19 heavy (non-hydrogen) atoms. The Labute approximate surface area is 113 Å². The molecule has 0 aliphatic carbocycles. The zero-order valence-corrected chi connectivity index (χ0v) is 10.3. The summed E-state index contributed by atoms with van der Waals surface area (Å²) in [4.78, 5) is 32.9. The van der Waals surface area contributed by atoms with E-state index >= 15 is 0 Å². The fourth-order valence-electron chi connectivity index (χ4n) is 1.67. The third kappa shape index (κ3) is 3.11. The summed E-state index contributed by atoms with van der Waals surface area (Å²) in [6, 6.07) is 3.13. The van der Waals surface area contributed by atoms with Gasteiger partial charge in [0.25, 0.3) is 0 Å².